The standard InChI is InChI=1S/C14H17NO3/c1-3-12(14(17)18)15-13(16)9-8-11-7-5-4-6-10(11)2/h4-9,12H,3H2,1-2H3,(H,15,16)(H,17,18)/t12-/m1/s1. The SMILES string of the molecule is CC[C@@H](NC(=O)C=Cc1ccccc1C)C(=O)O. The minimum Gasteiger partial charge on any atom is -0.480 e. The smallest absolute Gasteiger partial charge is 0.326 e. The summed E-state index contributed by atoms with van der Waals surface area (Å²) in [6, 6.07) is 6.82. The van der Waals surface area contributed by atoms with Gasteiger partial charge in [-0.15, -0.1) is 0 Å². The molecule has 18 heavy (non-hydrogen) atoms. The van der Waals surface area contributed by atoms with E-state index in [1.165, 1.54) is 6.08 Å². The van der Waals surface area contributed by atoms with Crippen molar-refractivity contribution >= 4 is 18.0 Å². The van der Waals surface area contributed by atoms with Crippen molar-refractivity contribution in [2.45, 2.75) is 26.3 Å². The van der Waals surface area contributed by atoms with Gasteiger partial charge in [0.05, 0.1) is 0 Å². The number of hydrogen-bond donors (Lipinski definition) is 2. The maximum atomic E-state index is 11.5. The molecule has 0 spiro atoms. The van der Waals surface area contributed by atoms with Crippen molar-refractivity contribution in [3.8, 4) is 0 Å². The summed E-state index contributed by atoms with van der Waals surface area (Å²) < 4.78 is 0. The summed E-state index contributed by atoms with van der Waals surface area (Å²) in [7, 11) is 0. The number of aryl methyl sites for hydroxylation is 1. The number of aliphatic carboxylic acids is 1. The quantitative estimate of drug-likeness (QED) is 0.782. The second-order valence-corrected chi connectivity index (χ2v) is 4.00. The van der Waals surface area contributed by atoms with Crippen LogP contribution < -0.4 is 5.32 Å². The lowest BCUT2D eigenvalue weighted by atomic mass is 10.1. The van der Waals surface area contributed by atoms with E-state index in [-0.39, 0.29) is 0 Å². The van der Waals surface area contributed by atoms with Crippen LogP contribution in [0.15, 0.2) is 30.3 Å². The Morgan fingerprint density at radius 1 is 1.39 bits per heavy atom. The molecule has 1 aromatic rings. The maximum absolute atomic E-state index is 11.5. The molecule has 1 rings (SSSR count). The first-order chi connectivity index (χ1) is 8.54. The van der Waals surface area contributed by atoms with Crippen LogP contribution in [0.2, 0.25) is 0 Å². The van der Waals surface area contributed by atoms with Gasteiger partial charge in [-0.2, -0.15) is 0 Å². The number of carboxylic acid groups (broad SMARTS) is 1. The van der Waals surface area contributed by atoms with E-state index in [9.17, 15) is 9.59 Å². The zero-order valence-corrected chi connectivity index (χ0v) is 10.5. The van der Waals surface area contributed by atoms with E-state index in [0.717, 1.165) is 11.1 Å². The largest absolute Gasteiger partial charge is 0.480 e. The Hall–Kier alpha value is -2.10. The van der Waals surface area contributed by atoms with Crippen LogP contribution in [0, 0.1) is 6.92 Å². The van der Waals surface area contributed by atoms with Crippen molar-refractivity contribution in [1.29, 1.82) is 0 Å². The Balaban J connectivity index is 2.65. The summed E-state index contributed by atoms with van der Waals surface area (Å²) in [5.74, 6) is -1.41. The van der Waals surface area contributed by atoms with E-state index in [0.29, 0.717) is 6.42 Å². The lowest BCUT2D eigenvalue weighted by molar-refractivity contribution is -0.141. The number of rotatable bonds is 5. The fourth-order valence-corrected chi connectivity index (χ4v) is 1.50. The summed E-state index contributed by atoms with van der Waals surface area (Å²) in [5, 5.41) is 11.2. The number of carboxylic acids is 1. The molecule has 0 heterocycles. The van der Waals surface area contributed by atoms with Gasteiger partial charge in [-0.1, -0.05) is 31.2 Å². The average Bonchev–Trinajstić information content (AvgIpc) is 2.34. The van der Waals surface area contributed by atoms with Gasteiger partial charge in [-0.3, -0.25) is 4.79 Å². The molecule has 0 unspecified atom stereocenters. The van der Waals surface area contributed by atoms with Crippen molar-refractivity contribution in [3.05, 3.63) is 41.5 Å². The Labute approximate surface area is 106 Å². The van der Waals surface area contributed by atoms with E-state index in [1.54, 1.807) is 13.0 Å². The van der Waals surface area contributed by atoms with Gasteiger partial charge in [0.25, 0.3) is 0 Å². The van der Waals surface area contributed by atoms with E-state index in [4.69, 9.17) is 5.11 Å². The Morgan fingerprint density at radius 2 is 2.06 bits per heavy atom. The monoisotopic (exact) mass is 247 g/mol. The zero-order valence-electron chi connectivity index (χ0n) is 10.5. The van der Waals surface area contributed by atoms with Crippen LogP contribution in [0.25, 0.3) is 6.08 Å². The van der Waals surface area contributed by atoms with Crippen LogP contribution in [0.3, 0.4) is 0 Å². The highest BCUT2D eigenvalue weighted by molar-refractivity contribution is 5.94. The molecule has 2 N–H and O–H groups in total. The van der Waals surface area contributed by atoms with Crippen LogP contribution in [0.5, 0.6) is 0 Å². The molecule has 0 aliphatic rings. The molecule has 0 aliphatic heterocycles. The number of benzene rings is 1. The van der Waals surface area contributed by atoms with Crippen molar-refractivity contribution in [2.75, 3.05) is 0 Å². The molecule has 0 saturated carbocycles. The van der Waals surface area contributed by atoms with Gasteiger partial charge < -0.3 is 10.4 Å². The van der Waals surface area contributed by atoms with Crippen molar-refractivity contribution in [3.63, 3.8) is 0 Å². The molecule has 0 aliphatic carbocycles. The van der Waals surface area contributed by atoms with Gasteiger partial charge in [-0.25, -0.2) is 4.79 Å². The van der Waals surface area contributed by atoms with Gasteiger partial charge >= 0.3 is 5.97 Å². The van der Waals surface area contributed by atoms with Gasteiger partial charge in [0.15, 0.2) is 0 Å². The highest BCUT2D eigenvalue weighted by Gasteiger charge is 2.15. The Bertz CT molecular complexity index is 466. The zero-order chi connectivity index (χ0) is 13.5. The normalized spacial score (nSPS) is 12.3. The van der Waals surface area contributed by atoms with Crippen molar-refractivity contribution in [1.82, 2.24) is 5.32 Å². The van der Waals surface area contributed by atoms with Crippen molar-refractivity contribution < 1.29 is 14.7 Å². The first kappa shape index (κ1) is 14.0. The molecule has 1 aromatic carbocycles. The van der Waals surface area contributed by atoms with Gasteiger partial charge in [-0.05, 0) is 30.5 Å². The molecule has 0 fully saturated rings. The van der Waals surface area contributed by atoms with Crippen LogP contribution in [-0.4, -0.2) is 23.0 Å². The number of amides is 1. The molecule has 1 atom stereocenters. The van der Waals surface area contributed by atoms with Crippen LogP contribution in [-0.2, 0) is 9.59 Å². The van der Waals surface area contributed by atoms with Gasteiger partial charge in [0.2, 0.25) is 5.91 Å². The lowest BCUT2D eigenvalue weighted by Crippen LogP contribution is -2.39. The highest BCUT2D eigenvalue weighted by atomic mass is 16.4. The molecule has 0 radical (unpaired) electrons. The van der Waals surface area contributed by atoms with Crippen LogP contribution in [0.4, 0.5) is 0 Å². The Morgan fingerprint density at radius 3 is 2.61 bits per heavy atom. The predicted molar refractivity (Wildman–Crippen MR) is 70.1 cm³/mol. The van der Waals surface area contributed by atoms with E-state index in [1.807, 2.05) is 31.2 Å². The predicted octanol–water partition coefficient (Wildman–Crippen LogP) is 1.99. The number of hydrogen-bond acceptors (Lipinski definition) is 2. The summed E-state index contributed by atoms with van der Waals surface area (Å²) in [6.45, 7) is 3.66. The first-order valence-corrected chi connectivity index (χ1v) is 5.81. The van der Waals surface area contributed by atoms with Crippen LogP contribution in [0.1, 0.15) is 24.5 Å². The Kier molecular flexibility index (Phi) is 5.11. The lowest BCUT2D eigenvalue weighted by Gasteiger charge is -2.09. The van der Waals surface area contributed by atoms with E-state index in [2.05, 4.69) is 5.32 Å². The highest BCUT2D eigenvalue weighted by Crippen LogP contribution is 2.08. The molecule has 4 nitrogen and oxygen atoms in total. The second-order valence-electron chi connectivity index (χ2n) is 4.00. The third-order valence-electron chi connectivity index (χ3n) is 2.63. The summed E-state index contributed by atoms with van der Waals surface area (Å²) >= 11 is 0. The molecule has 96 valence electrons. The van der Waals surface area contributed by atoms with E-state index >= 15 is 0 Å². The number of carbonyl (C=O) groups is 2. The number of carbonyl (C=O) groups excluding carboxylic acids is 1. The second kappa shape index (κ2) is 6.59. The summed E-state index contributed by atoms with van der Waals surface area (Å²) in [4.78, 5) is 22.3. The third kappa shape index (κ3) is 4.05. The summed E-state index contributed by atoms with van der Waals surface area (Å²) in [6.07, 6.45) is 3.40. The minimum atomic E-state index is -1.02. The molecule has 1 amide bonds. The molecule has 0 aromatic heterocycles. The first-order valence-electron chi connectivity index (χ1n) is 5.81. The van der Waals surface area contributed by atoms with Crippen molar-refractivity contribution in [2.24, 2.45) is 0 Å². The third-order valence-corrected chi connectivity index (χ3v) is 2.63. The molecule has 0 saturated heterocycles. The van der Waals surface area contributed by atoms with Crippen LogP contribution >= 0.6 is 0 Å². The fraction of sp³-hybridized carbons (Fsp3) is 0.286. The molecular formula is C14H17NO3. The van der Waals surface area contributed by atoms with E-state index < -0.39 is 17.9 Å². The molecule has 0 bridgehead atoms. The topological polar surface area (TPSA) is 66.4 Å². The molecule has 4 heteroatoms. The summed E-state index contributed by atoms with van der Waals surface area (Å²) in [5.41, 5.74) is 2.00. The fourth-order valence-electron chi connectivity index (χ4n) is 1.50. The average molecular weight is 247 g/mol. The van der Waals surface area contributed by atoms with Gasteiger partial charge in [0.1, 0.15) is 6.04 Å². The minimum absolute atomic E-state index is 0.360. The maximum Gasteiger partial charge on any atom is 0.326 e. The number of nitrogens with one attached hydrogen (secondary N) is 1. The van der Waals surface area contributed by atoms with Gasteiger partial charge in [0, 0.05) is 6.08 Å². The molecular weight excluding hydrogens is 230 g/mol.